The molecule has 0 amide bonds. The van der Waals surface area contributed by atoms with Crippen LogP contribution in [0.1, 0.15) is 26.2 Å². The minimum Gasteiger partial charge on any atom is -0.497 e. The van der Waals surface area contributed by atoms with Gasteiger partial charge in [0.25, 0.3) is 0 Å². The van der Waals surface area contributed by atoms with Gasteiger partial charge in [-0.05, 0) is 68.7 Å². The average molecular weight is 431 g/mol. The van der Waals surface area contributed by atoms with E-state index in [2.05, 4.69) is 16.8 Å². The highest BCUT2D eigenvalue weighted by atomic mass is 35.5. The zero-order chi connectivity index (χ0) is 20.6. The molecule has 1 saturated heterocycles. The number of anilines is 1. The van der Waals surface area contributed by atoms with Crippen LogP contribution >= 0.6 is 11.6 Å². The monoisotopic (exact) mass is 430 g/mol. The molecular weight excluding hydrogens is 408 g/mol. The average Bonchev–Trinajstić information content (AvgIpc) is 2.73. The normalized spacial score (nSPS) is 17.5. The maximum atomic E-state index is 13.6. The zero-order valence-corrected chi connectivity index (χ0v) is 18.0. The maximum Gasteiger partial charge on any atom is 0.210 e. The lowest BCUT2D eigenvalue weighted by atomic mass is 10.0. The number of pyridine rings is 1. The molecule has 0 aliphatic carbocycles. The predicted molar refractivity (Wildman–Crippen MR) is 116 cm³/mol. The summed E-state index contributed by atoms with van der Waals surface area (Å²) in [5, 5.41) is 1.28. The molecule has 1 aliphatic heterocycles. The van der Waals surface area contributed by atoms with Crippen molar-refractivity contribution in [1.29, 1.82) is 0 Å². The third kappa shape index (κ3) is 3.67. The molecule has 1 fully saturated rings. The number of methoxy groups -OCH3 is 1. The fourth-order valence-corrected chi connectivity index (χ4v) is 5.48. The second kappa shape index (κ2) is 7.84. The number of ether oxygens (including phenoxy) is 1. The minimum atomic E-state index is -3.77. The van der Waals surface area contributed by atoms with Crippen molar-refractivity contribution >= 4 is 38.0 Å². The fourth-order valence-electron chi connectivity index (χ4n) is 3.93. The number of hydrogen-bond acceptors (Lipinski definition) is 5. The Hall–Kier alpha value is -2.31. The smallest absolute Gasteiger partial charge is 0.210 e. The molecule has 3 aromatic rings. The van der Waals surface area contributed by atoms with Crippen LogP contribution in [0.5, 0.6) is 5.75 Å². The van der Waals surface area contributed by atoms with Gasteiger partial charge in [-0.3, -0.25) is 4.98 Å². The van der Waals surface area contributed by atoms with Gasteiger partial charge in [0.2, 0.25) is 9.84 Å². The van der Waals surface area contributed by atoms with Crippen LogP contribution in [0.3, 0.4) is 0 Å². The summed E-state index contributed by atoms with van der Waals surface area (Å²) in [5.41, 5.74) is 1.45. The van der Waals surface area contributed by atoms with Gasteiger partial charge in [0.15, 0.2) is 0 Å². The molecule has 0 bridgehead atoms. The Kier molecular flexibility index (Phi) is 5.40. The molecular formula is C22H23ClN2O3S. The highest BCUT2D eigenvalue weighted by Crippen LogP contribution is 2.39. The Balaban J connectivity index is 2.00. The molecule has 4 rings (SSSR count). The van der Waals surface area contributed by atoms with Gasteiger partial charge in [0.05, 0.1) is 23.2 Å². The molecule has 7 heteroatoms. The van der Waals surface area contributed by atoms with Crippen molar-refractivity contribution in [3.05, 3.63) is 53.7 Å². The number of aromatic nitrogens is 1. The van der Waals surface area contributed by atoms with E-state index >= 15 is 0 Å². The van der Waals surface area contributed by atoms with Crippen molar-refractivity contribution < 1.29 is 13.2 Å². The summed E-state index contributed by atoms with van der Waals surface area (Å²) in [6.45, 7) is 2.95. The van der Waals surface area contributed by atoms with Crippen LogP contribution in [0, 0.1) is 0 Å². The molecule has 5 nitrogen and oxygen atoms in total. The maximum absolute atomic E-state index is 13.6. The second-order valence-corrected chi connectivity index (χ2v) is 9.70. The molecule has 1 aliphatic rings. The van der Waals surface area contributed by atoms with E-state index in [9.17, 15) is 8.42 Å². The van der Waals surface area contributed by atoms with Gasteiger partial charge in [0.1, 0.15) is 10.6 Å². The van der Waals surface area contributed by atoms with Crippen molar-refractivity contribution in [3.63, 3.8) is 0 Å². The molecule has 1 atom stereocenters. The molecule has 2 aromatic carbocycles. The Morgan fingerprint density at radius 1 is 1.14 bits per heavy atom. The van der Waals surface area contributed by atoms with Crippen molar-refractivity contribution in [2.45, 2.75) is 42.0 Å². The highest BCUT2D eigenvalue weighted by Gasteiger charge is 2.30. The van der Waals surface area contributed by atoms with Crippen molar-refractivity contribution in [3.8, 4) is 5.75 Å². The second-order valence-electron chi connectivity index (χ2n) is 7.35. The number of piperidine rings is 1. The lowest BCUT2D eigenvalue weighted by Crippen LogP contribution is -2.38. The lowest BCUT2D eigenvalue weighted by molar-refractivity contribution is 0.415. The largest absolute Gasteiger partial charge is 0.497 e. The van der Waals surface area contributed by atoms with E-state index in [4.69, 9.17) is 16.3 Å². The van der Waals surface area contributed by atoms with E-state index < -0.39 is 9.84 Å². The van der Waals surface area contributed by atoms with Gasteiger partial charge >= 0.3 is 0 Å². The summed E-state index contributed by atoms with van der Waals surface area (Å²) in [6.07, 6.45) is 4.67. The SMILES string of the molecule is COc1ccc2ncc(S(=O)(=O)c3ccc(Cl)cc3)c(N3CCCC[C@@H]3C)c2c1. The Morgan fingerprint density at radius 2 is 1.90 bits per heavy atom. The molecule has 0 unspecified atom stereocenters. The van der Waals surface area contributed by atoms with E-state index in [1.54, 1.807) is 19.2 Å². The molecule has 1 aromatic heterocycles. The van der Waals surface area contributed by atoms with E-state index in [1.165, 1.54) is 18.3 Å². The first-order chi connectivity index (χ1) is 13.9. The Labute approximate surface area is 176 Å². The number of benzene rings is 2. The van der Waals surface area contributed by atoms with E-state index in [-0.39, 0.29) is 15.8 Å². The Bertz CT molecular complexity index is 1150. The van der Waals surface area contributed by atoms with Crippen LogP contribution in [-0.4, -0.2) is 33.1 Å². The van der Waals surface area contributed by atoms with E-state index in [0.717, 1.165) is 36.7 Å². The predicted octanol–water partition coefficient (Wildman–Crippen LogP) is 5.11. The molecule has 0 N–H and O–H groups in total. The van der Waals surface area contributed by atoms with Gasteiger partial charge in [0, 0.05) is 29.2 Å². The summed E-state index contributed by atoms with van der Waals surface area (Å²) in [6, 6.07) is 12.1. The molecule has 2 heterocycles. The number of rotatable bonds is 4. The lowest BCUT2D eigenvalue weighted by Gasteiger charge is -2.37. The van der Waals surface area contributed by atoms with Crippen LogP contribution in [0.15, 0.2) is 58.5 Å². The number of nitrogens with zero attached hydrogens (tertiary/aromatic N) is 2. The highest BCUT2D eigenvalue weighted by molar-refractivity contribution is 7.91. The van der Waals surface area contributed by atoms with Gasteiger partial charge < -0.3 is 9.64 Å². The molecule has 0 spiro atoms. The minimum absolute atomic E-state index is 0.205. The third-order valence-electron chi connectivity index (χ3n) is 5.52. The topological polar surface area (TPSA) is 59.5 Å². The molecule has 0 saturated carbocycles. The number of sulfone groups is 1. The number of hydrogen-bond donors (Lipinski definition) is 0. The van der Waals surface area contributed by atoms with E-state index in [1.807, 2.05) is 18.2 Å². The molecule has 0 radical (unpaired) electrons. The van der Waals surface area contributed by atoms with Gasteiger partial charge in [-0.2, -0.15) is 0 Å². The summed E-state index contributed by atoms with van der Waals surface area (Å²) in [7, 11) is -2.17. The first kappa shape index (κ1) is 20.0. The van der Waals surface area contributed by atoms with Crippen LogP contribution in [0.25, 0.3) is 10.9 Å². The van der Waals surface area contributed by atoms with Gasteiger partial charge in [-0.1, -0.05) is 11.6 Å². The number of fused-ring (bicyclic) bond motifs is 1. The van der Waals surface area contributed by atoms with Crippen molar-refractivity contribution in [2.24, 2.45) is 0 Å². The first-order valence-electron chi connectivity index (χ1n) is 9.66. The van der Waals surface area contributed by atoms with Gasteiger partial charge in [-0.25, -0.2) is 8.42 Å². The van der Waals surface area contributed by atoms with Crippen LogP contribution in [-0.2, 0) is 9.84 Å². The molecule has 152 valence electrons. The zero-order valence-electron chi connectivity index (χ0n) is 16.4. The quantitative estimate of drug-likeness (QED) is 0.575. The molecule has 29 heavy (non-hydrogen) atoms. The van der Waals surface area contributed by atoms with Crippen LogP contribution in [0.2, 0.25) is 5.02 Å². The fraction of sp³-hybridized carbons (Fsp3) is 0.318. The Morgan fingerprint density at radius 3 is 2.59 bits per heavy atom. The van der Waals surface area contributed by atoms with Crippen LogP contribution < -0.4 is 9.64 Å². The first-order valence-corrected chi connectivity index (χ1v) is 11.5. The number of halogens is 1. The summed E-state index contributed by atoms with van der Waals surface area (Å²) >= 11 is 5.96. The van der Waals surface area contributed by atoms with Crippen LogP contribution in [0.4, 0.5) is 5.69 Å². The summed E-state index contributed by atoms with van der Waals surface area (Å²) in [4.78, 5) is 7.09. The third-order valence-corrected chi connectivity index (χ3v) is 7.54. The summed E-state index contributed by atoms with van der Waals surface area (Å²) < 4.78 is 32.5. The van der Waals surface area contributed by atoms with Crippen molar-refractivity contribution in [2.75, 3.05) is 18.6 Å². The standard InChI is InChI=1S/C22H23ClN2O3S/c1-15-5-3-4-12-25(15)22-19-13-17(28-2)8-11-20(19)24-14-21(22)29(26,27)18-9-6-16(23)7-10-18/h6-11,13-15H,3-5,12H2,1-2H3/t15-/m0/s1. The van der Waals surface area contributed by atoms with Crippen molar-refractivity contribution in [1.82, 2.24) is 4.98 Å². The van der Waals surface area contributed by atoms with E-state index in [0.29, 0.717) is 16.5 Å². The summed E-state index contributed by atoms with van der Waals surface area (Å²) in [5.74, 6) is 0.672. The van der Waals surface area contributed by atoms with Gasteiger partial charge in [-0.15, -0.1) is 0 Å².